The number of nitrogens with zero attached hydrogens (tertiary/aromatic N) is 5. The third-order valence-corrected chi connectivity index (χ3v) is 4.95. The number of carbonyl (C=O) groups is 1. The molecule has 3 heterocycles. The quantitative estimate of drug-likeness (QED) is 0.675. The number of aromatic nitrogens is 4. The number of hydrogen-bond acceptors (Lipinski definition) is 6. The molecule has 2 aromatic heterocycles. The van der Waals surface area contributed by atoms with Crippen molar-refractivity contribution in [2.24, 2.45) is 7.05 Å². The number of rotatable bonds is 3. The molecule has 1 aromatic carbocycles. The van der Waals surface area contributed by atoms with Crippen LogP contribution in [0.2, 0.25) is 0 Å². The molecule has 0 aliphatic carbocycles. The number of esters is 1. The maximum absolute atomic E-state index is 11.8. The molecule has 7 heteroatoms. The van der Waals surface area contributed by atoms with Crippen LogP contribution in [0.15, 0.2) is 36.8 Å². The Kier molecular flexibility index (Phi) is 4.28. The average molecular weight is 351 g/mol. The standard InChI is InChI=1S/C19H21N5O2/c1-23-12-21-17-16(23)10-20-19(22-17)24-8-4-7-15(11-24)13-5-3-6-14(9-13)18(25)26-2/h3,5-6,9-10,12,15H,4,7-8,11H2,1-2H3. The maximum Gasteiger partial charge on any atom is 0.337 e. The first-order valence-corrected chi connectivity index (χ1v) is 8.73. The second-order valence-corrected chi connectivity index (χ2v) is 6.64. The third-order valence-electron chi connectivity index (χ3n) is 4.95. The van der Waals surface area contributed by atoms with E-state index >= 15 is 0 Å². The fourth-order valence-corrected chi connectivity index (χ4v) is 3.53. The topological polar surface area (TPSA) is 73.1 Å². The normalized spacial score (nSPS) is 17.5. The minimum atomic E-state index is -0.302. The van der Waals surface area contributed by atoms with E-state index in [2.05, 4.69) is 25.9 Å². The van der Waals surface area contributed by atoms with E-state index < -0.39 is 0 Å². The van der Waals surface area contributed by atoms with Crippen molar-refractivity contribution in [3.63, 3.8) is 0 Å². The summed E-state index contributed by atoms with van der Waals surface area (Å²) < 4.78 is 6.75. The highest BCUT2D eigenvalue weighted by molar-refractivity contribution is 5.89. The highest BCUT2D eigenvalue weighted by Crippen LogP contribution is 2.29. The Morgan fingerprint density at radius 2 is 2.19 bits per heavy atom. The van der Waals surface area contributed by atoms with Crippen molar-refractivity contribution in [2.75, 3.05) is 25.1 Å². The van der Waals surface area contributed by atoms with E-state index in [-0.39, 0.29) is 5.97 Å². The van der Waals surface area contributed by atoms with Crippen LogP contribution in [-0.4, -0.2) is 45.7 Å². The SMILES string of the molecule is COC(=O)c1cccc(C2CCCN(c3ncc4c(ncn4C)n3)C2)c1. The van der Waals surface area contributed by atoms with Crippen molar-refractivity contribution < 1.29 is 9.53 Å². The first-order chi connectivity index (χ1) is 12.7. The summed E-state index contributed by atoms with van der Waals surface area (Å²) in [5.41, 5.74) is 3.38. The van der Waals surface area contributed by atoms with E-state index in [1.165, 1.54) is 7.11 Å². The molecule has 1 aliphatic heterocycles. The van der Waals surface area contributed by atoms with Crippen LogP contribution >= 0.6 is 0 Å². The summed E-state index contributed by atoms with van der Waals surface area (Å²) in [7, 11) is 3.34. The molecule has 0 amide bonds. The Morgan fingerprint density at radius 1 is 1.31 bits per heavy atom. The lowest BCUT2D eigenvalue weighted by molar-refractivity contribution is 0.0600. The number of anilines is 1. The molecule has 26 heavy (non-hydrogen) atoms. The van der Waals surface area contributed by atoms with Gasteiger partial charge in [-0.25, -0.2) is 14.8 Å². The molecule has 0 spiro atoms. The highest BCUT2D eigenvalue weighted by atomic mass is 16.5. The number of piperidine rings is 1. The van der Waals surface area contributed by atoms with Gasteiger partial charge in [-0.2, -0.15) is 4.98 Å². The summed E-state index contributed by atoms with van der Waals surface area (Å²) in [6.07, 6.45) is 5.70. The van der Waals surface area contributed by atoms with Gasteiger partial charge in [0.15, 0.2) is 5.65 Å². The minimum Gasteiger partial charge on any atom is -0.465 e. The highest BCUT2D eigenvalue weighted by Gasteiger charge is 2.24. The fraction of sp³-hybridized carbons (Fsp3) is 0.368. The molecule has 0 bridgehead atoms. The van der Waals surface area contributed by atoms with Crippen molar-refractivity contribution in [1.29, 1.82) is 0 Å². The van der Waals surface area contributed by atoms with Crippen LogP contribution < -0.4 is 4.90 Å². The number of methoxy groups -OCH3 is 1. The lowest BCUT2D eigenvalue weighted by Crippen LogP contribution is -2.35. The number of carbonyl (C=O) groups excluding carboxylic acids is 1. The molecule has 3 aromatic rings. The van der Waals surface area contributed by atoms with Crippen LogP contribution in [0.5, 0.6) is 0 Å². The van der Waals surface area contributed by atoms with E-state index in [1.807, 2.05) is 29.9 Å². The van der Waals surface area contributed by atoms with Gasteiger partial charge >= 0.3 is 5.97 Å². The monoisotopic (exact) mass is 351 g/mol. The Morgan fingerprint density at radius 3 is 3.04 bits per heavy atom. The summed E-state index contributed by atoms with van der Waals surface area (Å²) in [4.78, 5) is 27.5. The molecule has 1 aliphatic rings. The van der Waals surface area contributed by atoms with Gasteiger partial charge < -0.3 is 14.2 Å². The summed E-state index contributed by atoms with van der Waals surface area (Å²) in [5.74, 6) is 0.741. The van der Waals surface area contributed by atoms with Crippen LogP contribution in [0.3, 0.4) is 0 Å². The van der Waals surface area contributed by atoms with E-state index in [0.717, 1.165) is 37.0 Å². The molecule has 1 fully saturated rings. The first-order valence-electron chi connectivity index (χ1n) is 8.73. The maximum atomic E-state index is 11.8. The molecule has 1 unspecified atom stereocenters. The lowest BCUT2D eigenvalue weighted by Gasteiger charge is -2.33. The van der Waals surface area contributed by atoms with E-state index in [4.69, 9.17) is 4.74 Å². The zero-order chi connectivity index (χ0) is 18.1. The van der Waals surface area contributed by atoms with Crippen molar-refractivity contribution >= 4 is 23.1 Å². The number of imidazole rings is 1. The van der Waals surface area contributed by atoms with Gasteiger partial charge in [-0.05, 0) is 30.5 Å². The van der Waals surface area contributed by atoms with Crippen LogP contribution in [0.25, 0.3) is 11.2 Å². The van der Waals surface area contributed by atoms with Crippen molar-refractivity contribution in [3.05, 3.63) is 47.9 Å². The van der Waals surface area contributed by atoms with Crippen molar-refractivity contribution in [1.82, 2.24) is 19.5 Å². The summed E-state index contributed by atoms with van der Waals surface area (Å²) in [5, 5.41) is 0. The zero-order valence-electron chi connectivity index (χ0n) is 14.9. The number of hydrogen-bond donors (Lipinski definition) is 0. The molecule has 0 saturated carbocycles. The second kappa shape index (κ2) is 6.74. The van der Waals surface area contributed by atoms with Gasteiger partial charge in [-0.3, -0.25) is 0 Å². The molecule has 7 nitrogen and oxygen atoms in total. The largest absolute Gasteiger partial charge is 0.465 e. The van der Waals surface area contributed by atoms with Gasteiger partial charge in [0.2, 0.25) is 5.95 Å². The number of ether oxygens (including phenoxy) is 1. The van der Waals surface area contributed by atoms with E-state index in [9.17, 15) is 4.79 Å². The van der Waals surface area contributed by atoms with Crippen molar-refractivity contribution in [3.8, 4) is 0 Å². The van der Waals surface area contributed by atoms with Crippen LogP contribution in [-0.2, 0) is 11.8 Å². The predicted octanol–water partition coefficient (Wildman–Crippen LogP) is 2.53. The lowest BCUT2D eigenvalue weighted by atomic mass is 9.90. The van der Waals surface area contributed by atoms with Crippen LogP contribution in [0, 0.1) is 0 Å². The van der Waals surface area contributed by atoms with Crippen molar-refractivity contribution in [2.45, 2.75) is 18.8 Å². The Hall–Kier alpha value is -2.96. The molecule has 134 valence electrons. The number of fused-ring (bicyclic) bond motifs is 1. The average Bonchev–Trinajstić information content (AvgIpc) is 3.08. The van der Waals surface area contributed by atoms with Crippen LogP contribution in [0.4, 0.5) is 5.95 Å². The van der Waals surface area contributed by atoms with Gasteiger partial charge in [-0.15, -0.1) is 0 Å². The van der Waals surface area contributed by atoms with Gasteiger partial charge in [0.1, 0.15) is 5.52 Å². The Bertz CT molecular complexity index is 952. The minimum absolute atomic E-state index is 0.302. The molecule has 4 rings (SSSR count). The predicted molar refractivity (Wildman–Crippen MR) is 98.3 cm³/mol. The second-order valence-electron chi connectivity index (χ2n) is 6.64. The van der Waals surface area contributed by atoms with Gasteiger partial charge in [0.05, 0.1) is 25.2 Å². The molecule has 0 radical (unpaired) electrons. The fourth-order valence-electron chi connectivity index (χ4n) is 3.53. The molecule has 1 saturated heterocycles. The smallest absolute Gasteiger partial charge is 0.337 e. The van der Waals surface area contributed by atoms with Gasteiger partial charge in [0, 0.05) is 26.1 Å². The number of benzene rings is 1. The van der Waals surface area contributed by atoms with Gasteiger partial charge in [0.25, 0.3) is 0 Å². The molecular weight excluding hydrogens is 330 g/mol. The summed E-state index contributed by atoms with van der Waals surface area (Å²) in [6, 6.07) is 7.71. The third kappa shape index (κ3) is 3.00. The van der Waals surface area contributed by atoms with E-state index in [0.29, 0.717) is 23.1 Å². The molecular formula is C19H21N5O2. The summed E-state index contributed by atoms with van der Waals surface area (Å²) >= 11 is 0. The number of aryl methyl sites for hydroxylation is 1. The Balaban J connectivity index is 1.58. The summed E-state index contributed by atoms with van der Waals surface area (Å²) in [6.45, 7) is 1.74. The Labute approximate surface area is 151 Å². The van der Waals surface area contributed by atoms with E-state index in [1.54, 1.807) is 12.4 Å². The first kappa shape index (κ1) is 16.5. The zero-order valence-corrected chi connectivity index (χ0v) is 14.9. The van der Waals surface area contributed by atoms with Crippen LogP contribution in [0.1, 0.15) is 34.7 Å². The molecule has 1 atom stereocenters. The molecule has 0 N–H and O–H groups in total. The van der Waals surface area contributed by atoms with Gasteiger partial charge in [-0.1, -0.05) is 12.1 Å².